The molecule has 0 unspecified atom stereocenters. The fourth-order valence-corrected chi connectivity index (χ4v) is 2.44. The third kappa shape index (κ3) is 7.68. The number of ether oxygens (including phenoxy) is 3. The van der Waals surface area contributed by atoms with E-state index < -0.39 is 0 Å². The molecule has 1 N–H and O–H groups in total. The topological polar surface area (TPSA) is 39.7 Å². The standard InChI is InChI=1S/C16H26BrNO3.ClH/c1-5-20-16-13(9-14(17)10-15(16)19-4)11-18-7-6-8-21-12(2)3;/h9-10,12,18H,5-8,11H2,1-4H3;1H. The quantitative estimate of drug-likeness (QED) is 0.602. The molecule has 0 atom stereocenters. The van der Waals surface area contributed by atoms with Crippen molar-refractivity contribution in [2.24, 2.45) is 0 Å². The van der Waals surface area contributed by atoms with Crippen LogP contribution < -0.4 is 14.8 Å². The van der Waals surface area contributed by atoms with Gasteiger partial charge in [0.2, 0.25) is 0 Å². The highest BCUT2D eigenvalue weighted by Crippen LogP contribution is 2.34. The number of hydrogen-bond donors (Lipinski definition) is 1. The second-order valence-electron chi connectivity index (χ2n) is 4.98. The van der Waals surface area contributed by atoms with Crippen molar-refractivity contribution in [2.75, 3.05) is 26.9 Å². The van der Waals surface area contributed by atoms with E-state index in [1.807, 2.05) is 13.0 Å². The summed E-state index contributed by atoms with van der Waals surface area (Å²) in [6, 6.07) is 3.98. The number of benzene rings is 1. The van der Waals surface area contributed by atoms with E-state index in [9.17, 15) is 0 Å². The maximum atomic E-state index is 5.71. The lowest BCUT2D eigenvalue weighted by Gasteiger charge is -2.15. The fraction of sp³-hybridized carbons (Fsp3) is 0.625. The largest absolute Gasteiger partial charge is 0.493 e. The predicted molar refractivity (Wildman–Crippen MR) is 96.5 cm³/mol. The lowest BCUT2D eigenvalue weighted by Crippen LogP contribution is -2.18. The number of halogens is 2. The molecule has 0 aromatic heterocycles. The Labute approximate surface area is 148 Å². The van der Waals surface area contributed by atoms with Crippen molar-refractivity contribution in [3.05, 3.63) is 22.2 Å². The minimum absolute atomic E-state index is 0. The zero-order valence-corrected chi connectivity index (χ0v) is 16.2. The van der Waals surface area contributed by atoms with Crippen LogP contribution in [-0.2, 0) is 11.3 Å². The lowest BCUT2D eigenvalue weighted by atomic mass is 10.2. The molecule has 0 saturated heterocycles. The molecule has 1 aromatic carbocycles. The molecule has 0 radical (unpaired) electrons. The van der Waals surface area contributed by atoms with Crippen molar-refractivity contribution in [2.45, 2.75) is 39.8 Å². The van der Waals surface area contributed by atoms with Gasteiger partial charge in [0.25, 0.3) is 0 Å². The Kier molecular flexibility index (Phi) is 11.7. The van der Waals surface area contributed by atoms with Crippen LogP contribution in [0.4, 0.5) is 0 Å². The average molecular weight is 397 g/mol. The summed E-state index contributed by atoms with van der Waals surface area (Å²) in [6.07, 6.45) is 1.29. The second kappa shape index (κ2) is 12.0. The smallest absolute Gasteiger partial charge is 0.165 e. The van der Waals surface area contributed by atoms with Crippen LogP contribution in [0.5, 0.6) is 11.5 Å². The molecule has 0 aliphatic carbocycles. The monoisotopic (exact) mass is 395 g/mol. The Hall–Kier alpha value is -0.490. The molecule has 0 aliphatic heterocycles. The highest BCUT2D eigenvalue weighted by atomic mass is 79.9. The highest BCUT2D eigenvalue weighted by Gasteiger charge is 2.12. The maximum absolute atomic E-state index is 5.71. The summed E-state index contributed by atoms with van der Waals surface area (Å²) in [5.74, 6) is 1.57. The second-order valence-corrected chi connectivity index (χ2v) is 5.89. The van der Waals surface area contributed by atoms with E-state index in [1.165, 1.54) is 0 Å². The van der Waals surface area contributed by atoms with Crippen molar-refractivity contribution in [1.82, 2.24) is 5.32 Å². The van der Waals surface area contributed by atoms with Crippen LogP contribution in [0.2, 0.25) is 0 Å². The van der Waals surface area contributed by atoms with Gasteiger partial charge < -0.3 is 19.5 Å². The molecule has 22 heavy (non-hydrogen) atoms. The first kappa shape index (κ1) is 21.5. The molecule has 0 fully saturated rings. The molecule has 128 valence electrons. The van der Waals surface area contributed by atoms with E-state index in [0.717, 1.165) is 47.7 Å². The summed E-state index contributed by atoms with van der Waals surface area (Å²) in [4.78, 5) is 0. The van der Waals surface area contributed by atoms with Gasteiger partial charge in [-0.1, -0.05) is 15.9 Å². The average Bonchev–Trinajstić information content (AvgIpc) is 2.44. The third-order valence-corrected chi connectivity index (χ3v) is 3.33. The van der Waals surface area contributed by atoms with Gasteiger partial charge in [-0.3, -0.25) is 0 Å². The van der Waals surface area contributed by atoms with Crippen LogP contribution in [0.25, 0.3) is 0 Å². The molecule has 0 aliphatic rings. The fourth-order valence-electron chi connectivity index (χ4n) is 1.95. The molecule has 1 aromatic rings. The van der Waals surface area contributed by atoms with Crippen LogP contribution in [0.1, 0.15) is 32.8 Å². The summed E-state index contributed by atoms with van der Waals surface area (Å²) in [7, 11) is 1.66. The van der Waals surface area contributed by atoms with E-state index in [1.54, 1.807) is 7.11 Å². The van der Waals surface area contributed by atoms with Gasteiger partial charge >= 0.3 is 0 Å². The van der Waals surface area contributed by atoms with Gasteiger partial charge in [-0.25, -0.2) is 0 Å². The first-order valence-electron chi connectivity index (χ1n) is 7.40. The molecular formula is C16H27BrClNO3. The number of nitrogens with one attached hydrogen (secondary N) is 1. The van der Waals surface area contributed by atoms with Gasteiger partial charge in [-0.05, 0) is 45.9 Å². The van der Waals surface area contributed by atoms with E-state index in [4.69, 9.17) is 14.2 Å². The van der Waals surface area contributed by atoms with E-state index in [2.05, 4.69) is 41.2 Å². The van der Waals surface area contributed by atoms with E-state index in [-0.39, 0.29) is 12.4 Å². The number of hydrogen-bond acceptors (Lipinski definition) is 4. The molecule has 1 rings (SSSR count). The van der Waals surface area contributed by atoms with Crippen molar-refractivity contribution < 1.29 is 14.2 Å². The summed E-state index contributed by atoms with van der Waals surface area (Å²) in [5.41, 5.74) is 1.09. The van der Waals surface area contributed by atoms with Crippen LogP contribution in [0, 0.1) is 0 Å². The zero-order valence-electron chi connectivity index (χ0n) is 13.8. The molecule has 4 nitrogen and oxygen atoms in total. The van der Waals surface area contributed by atoms with Gasteiger partial charge in [-0.2, -0.15) is 0 Å². The van der Waals surface area contributed by atoms with Gasteiger partial charge in [0.15, 0.2) is 11.5 Å². The van der Waals surface area contributed by atoms with Crippen LogP contribution in [0.3, 0.4) is 0 Å². The van der Waals surface area contributed by atoms with E-state index in [0.29, 0.717) is 12.7 Å². The van der Waals surface area contributed by atoms with Crippen molar-refractivity contribution in [3.63, 3.8) is 0 Å². The van der Waals surface area contributed by atoms with Gasteiger partial charge in [0.05, 0.1) is 19.8 Å². The number of methoxy groups -OCH3 is 1. The number of rotatable bonds is 10. The summed E-state index contributed by atoms with van der Waals surface area (Å²) >= 11 is 3.51. The van der Waals surface area contributed by atoms with E-state index >= 15 is 0 Å². The molecule has 6 heteroatoms. The third-order valence-electron chi connectivity index (χ3n) is 2.87. The van der Waals surface area contributed by atoms with Crippen LogP contribution in [-0.4, -0.2) is 33.0 Å². The van der Waals surface area contributed by atoms with Gasteiger partial charge in [0, 0.05) is 23.2 Å². The minimum atomic E-state index is 0. The normalized spacial score (nSPS) is 10.5. The molecule has 0 spiro atoms. The Balaban J connectivity index is 0.00000441. The summed E-state index contributed by atoms with van der Waals surface area (Å²) in [5, 5.41) is 3.42. The summed E-state index contributed by atoms with van der Waals surface area (Å²) < 4.78 is 17.6. The molecular weight excluding hydrogens is 370 g/mol. The predicted octanol–water partition coefficient (Wildman–Crippen LogP) is 4.18. The van der Waals surface area contributed by atoms with Crippen LogP contribution >= 0.6 is 28.3 Å². The molecule has 0 saturated carbocycles. The SMILES string of the molecule is CCOc1c(CNCCCOC(C)C)cc(Br)cc1OC.Cl. The van der Waals surface area contributed by atoms with Crippen molar-refractivity contribution in [3.8, 4) is 11.5 Å². The minimum Gasteiger partial charge on any atom is -0.493 e. The molecule has 0 heterocycles. The lowest BCUT2D eigenvalue weighted by molar-refractivity contribution is 0.0770. The van der Waals surface area contributed by atoms with Crippen LogP contribution in [0.15, 0.2) is 16.6 Å². The maximum Gasteiger partial charge on any atom is 0.165 e. The summed E-state index contributed by atoms with van der Waals surface area (Å²) in [6.45, 7) is 9.13. The Morgan fingerprint density at radius 1 is 1.27 bits per heavy atom. The Morgan fingerprint density at radius 3 is 2.59 bits per heavy atom. The van der Waals surface area contributed by atoms with Crippen molar-refractivity contribution in [1.29, 1.82) is 0 Å². The Bertz CT molecular complexity index is 430. The Morgan fingerprint density at radius 2 is 2.00 bits per heavy atom. The molecule has 0 bridgehead atoms. The van der Waals surface area contributed by atoms with Crippen molar-refractivity contribution >= 4 is 28.3 Å². The van der Waals surface area contributed by atoms with Gasteiger partial charge in [0.1, 0.15) is 0 Å². The first-order chi connectivity index (χ1) is 10.1. The highest BCUT2D eigenvalue weighted by molar-refractivity contribution is 9.10. The molecule has 0 amide bonds. The first-order valence-corrected chi connectivity index (χ1v) is 8.19. The van der Waals surface area contributed by atoms with Gasteiger partial charge in [-0.15, -0.1) is 12.4 Å². The zero-order chi connectivity index (χ0) is 15.7.